The van der Waals surface area contributed by atoms with Gasteiger partial charge in [0.25, 0.3) is 0 Å². The maximum Gasteiger partial charge on any atom is 0.132 e. The molecular formula is C17H19FN2O. The summed E-state index contributed by atoms with van der Waals surface area (Å²) in [4.78, 5) is 4.43. The van der Waals surface area contributed by atoms with Gasteiger partial charge in [0.1, 0.15) is 11.6 Å². The molecule has 0 amide bonds. The van der Waals surface area contributed by atoms with Crippen LogP contribution in [-0.2, 0) is 0 Å². The molecule has 1 aliphatic heterocycles. The third kappa shape index (κ3) is 2.42. The molecule has 1 heterocycles. The van der Waals surface area contributed by atoms with Gasteiger partial charge in [0.2, 0.25) is 0 Å². The van der Waals surface area contributed by atoms with Crippen LogP contribution in [0.3, 0.4) is 0 Å². The van der Waals surface area contributed by atoms with Crippen molar-refractivity contribution >= 4 is 11.4 Å². The SMILES string of the molecule is CC(c1ccc(O)cc1F)N1CCN(C)c2ccccc21. The van der Waals surface area contributed by atoms with E-state index >= 15 is 0 Å². The molecule has 0 bridgehead atoms. The molecule has 4 heteroatoms. The minimum atomic E-state index is -0.362. The van der Waals surface area contributed by atoms with Crippen molar-refractivity contribution in [3.8, 4) is 5.75 Å². The average molecular weight is 286 g/mol. The molecule has 110 valence electrons. The number of phenols is 1. The molecule has 0 fully saturated rings. The fourth-order valence-electron chi connectivity index (χ4n) is 2.95. The van der Waals surface area contributed by atoms with Crippen LogP contribution in [0.15, 0.2) is 42.5 Å². The first-order chi connectivity index (χ1) is 10.1. The molecule has 1 unspecified atom stereocenters. The number of anilines is 2. The topological polar surface area (TPSA) is 26.7 Å². The Morgan fingerprint density at radius 2 is 1.81 bits per heavy atom. The summed E-state index contributed by atoms with van der Waals surface area (Å²) in [5.74, 6) is -0.402. The van der Waals surface area contributed by atoms with Gasteiger partial charge in [-0.3, -0.25) is 0 Å². The van der Waals surface area contributed by atoms with Crippen LogP contribution in [0.4, 0.5) is 15.8 Å². The lowest BCUT2D eigenvalue weighted by Gasteiger charge is -2.40. The van der Waals surface area contributed by atoms with E-state index in [0.717, 1.165) is 24.5 Å². The normalized spacial score (nSPS) is 15.8. The van der Waals surface area contributed by atoms with Gasteiger partial charge in [-0.05, 0) is 25.1 Å². The van der Waals surface area contributed by atoms with E-state index in [1.807, 2.05) is 19.1 Å². The number of fused-ring (bicyclic) bond motifs is 1. The summed E-state index contributed by atoms with van der Waals surface area (Å²) in [6, 6.07) is 12.5. The fraction of sp³-hybridized carbons (Fsp3) is 0.294. The van der Waals surface area contributed by atoms with Crippen molar-refractivity contribution in [2.75, 3.05) is 29.9 Å². The highest BCUT2D eigenvalue weighted by Gasteiger charge is 2.26. The molecule has 21 heavy (non-hydrogen) atoms. The Hall–Kier alpha value is -2.23. The zero-order valence-electron chi connectivity index (χ0n) is 12.3. The number of halogens is 1. The predicted molar refractivity (Wildman–Crippen MR) is 83.5 cm³/mol. The van der Waals surface area contributed by atoms with Crippen molar-refractivity contribution in [1.82, 2.24) is 0 Å². The molecule has 0 spiro atoms. The van der Waals surface area contributed by atoms with E-state index in [4.69, 9.17) is 0 Å². The Labute approximate surface area is 124 Å². The van der Waals surface area contributed by atoms with Gasteiger partial charge >= 0.3 is 0 Å². The highest BCUT2D eigenvalue weighted by atomic mass is 19.1. The van der Waals surface area contributed by atoms with E-state index in [-0.39, 0.29) is 17.6 Å². The second kappa shape index (κ2) is 5.28. The largest absolute Gasteiger partial charge is 0.508 e. The van der Waals surface area contributed by atoms with Gasteiger partial charge in [-0.2, -0.15) is 0 Å². The second-order valence-electron chi connectivity index (χ2n) is 5.49. The quantitative estimate of drug-likeness (QED) is 0.914. The van der Waals surface area contributed by atoms with E-state index in [2.05, 4.69) is 29.0 Å². The first-order valence-electron chi connectivity index (χ1n) is 7.13. The Kier molecular flexibility index (Phi) is 3.45. The van der Waals surface area contributed by atoms with Gasteiger partial charge in [-0.1, -0.05) is 18.2 Å². The molecule has 2 aromatic rings. The van der Waals surface area contributed by atoms with Crippen molar-refractivity contribution in [1.29, 1.82) is 0 Å². The number of rotatable bonds is 2. The Bertz CT molecular complexity index is 659. The van der Waals surface area contributed by atoms with Gasteiger partial charge in [0, 0.05) is 31.8 Å². The molecule has 0 radical (unpaired) electrons. The lowest BCUT2D eigenvalue weighted by molar-refractivity contribution is 0.466. The molecule has 0 aliphatic carbocycles. The molecule has 0 saturated heterocycles. The Morgan fingerprint density at radius 1 is 1.10 bits per heavy atom. The molecule has 0 saturated carbocycles. The van der Waals surface area contributed by atoms with Crippen LogP contribution in [0.5, 0.6) is 5.75 Å². The zero-order valence-corrected chi connectivity index (χ0v) is 12.3. The highest BCUT2D eigenvalue weighted by Crippen LogP contribution is 2.37. The summed E-state index contributed by atoms with van der Waals surface area (Å²) in [6.45, 7) is 3.74. The van der Waals surface area contributed by atoms with E-state index in [1.54, 1.807) is 6.07 Å². The van der Waals surface area contributed by atoms with Gasteiger partial charge in [0.05, 0.1) is 17.4 Å². The minimum Gasteiger partial charge on any atom is -0.508 e. The molecular weight excluding hydrogens is 267 g/mol. The summed E-state index contributed by atoms with van der Waals surface area (Å²) < 4.78 is 14.1. The van der Waals surface area contributed by atoms with Gasteiger partial charge in [0.15, 0.2) is 0 Å². The summed E-state index contributed by atoms with van der Waals surface area (Å²) >= 11 is 0. The summed E-state index contributed by atoms with van der Waals surface area (Å²) in [5, 5.41) is 9.36. The molecule has 2 aromatic carbocycles. The number of likely N-dealkylation sites (N-methyl/N-ethyl adjacent to an activating group) is 1. The third-order valence-electron chi connectivity index (χ3n) is 4.18. The Morgan fingerprint density at radius 3 is 2.52 bits per heavy atom. The second-order valence-corrected chi connectivity index (χ2v) is 5.49. The third-order valence-corrected chi connectivity index (χ3v) is 4.18. The number of hydrogen-bond donors (Lipinski definition) is 1. The maximum atomic E-state index is 14.1. The lowest BCUT2D eigenvalue weighted by Crippen LogP contribution is -2.40. The lowest BCUT2D eigenvalue weighted by atomic mass is 10.0. The van der Waals surface area contributed by atoms with E-state index < -0.39 is 0 Å². The average Bonchev–Trinajstić information content (AvgIpc) is 2.47. The summed E-state index contributed by atoms with van der Waals surface area (Å²) in [7, 11) is 2.07. The van der Waals surface area contributed by atoms with Crippen LogP contribution < -0.4 is 9.80 Å². The van der Waals surface area contributed by atoms with Crippen molar-refractivity contribution in [3.63, 3.8) is 0 Å². The van der Waals surface area contributed by atoms with E-state index in [9.17, 15) is 9.50 Å². The van der Waals surface area contributed by atoms with Crippen molar-refractivity contribution in [2.24, 2.45) is 0 Å². The molecule has 3 nitrogen and oxygen atoms in total. The first kappa shape index (κ1) is 13.7. The smallest absolute Gasteiger partial charge is 0.132 e. The number of nitrogens with zero attached hydrogens (tertiary/aromatic N) is 2. The minimum absolute atomic E-state index is 0.0396. The van der Waals surface area contributed by atoms with Crippen LogP contribution in [0.2, 0.25) is 0 Å². The van der Waals surface area contributed by atoms with Crippen LogP contribution in [0.25, 0.3) is 0 Å². The van der Waals surface area contributed by atoms with Crippen molar-refractivity contribution < 1.29 is 9.50 Å². The number of hydrogen-bond acceptors (Lipinski definition) is 3. The molecule has 1 atom stereocenters. The monoisotopic (exact) mass is 286 g/mol. The van der Waals surface area contributed by atoms with Crippen LogP contribution in [-0.4, -0.2) is 25.2 Å². The van der Waals surface area contributed by atoms with Crippen molar-refractivity contribution in [3.05, 3.63) is 53.8 Å². The fourth-order valence-corrected chi connectivity index (χ4v) is 2.95. The van der Waals surface area contributed by atoms with Crippen LogP contribution in [0, 0.1) is 5.82 Å². The summed E-state index contributed by atoms with van der Waals surface area (Å²) in [6.07, 6.45) is 0. The standard InChI is InChI=1S/C17H19FN2O/c1-12(14-8-7-13(21)11-15(14)18)20-10-9-19(2)16-5-3-4-6-17(16)20/h3-8,11-12,21H,9-10H2,1-2H3. The van der Waals surface area contributed by atoms with Crippen molar-refractivity contribution in [2.45, 2.75) is 13.0 Å². The first-order valence-corrected chi connectivity index (χ1v) is 7.13. The number of aromatic hydroxyl groups is 1. The number of phenolic OH excluding ortho intramolecular Hbond substituents is 1. The molecule has 3 rings (SSSR count). The number of benzene rings is 2. The molecule has 1 N–H and O–H groups in total. The predicted octanol–water partition coefficient (Wildman–Crippen LogP) is 3.55. The highest BCUT2D eigenvalue weighted by molar-refractivity contribution is 5.73. The number of para-hydroxylation sites is 2. The zero-order chi connectivity index (χ0) is 15.0. The molecule has 0 aromatic heterocycles. The van der Waals surface area contributed by atoms with E-state index in [0.29, 0.717) is 5.56 Å². The summed E-state index contributed by atoms with van der Waals surface area (Å²) in [5.41, 5.74) is 2.88. The van der Waals surface area contributed by atoms with Crippen LogP contribution >= 0.6 is 0 Å². The van der Waals surface area contributed by atoms with Gasteiger partial charge in [-0.15, -0.1) is 0 Å². The van der Waals surface area contributed by atoms with Crippen LogP contribution in [0.1, 0.15) is 18.5 Å². The maximum absolute atomic E-state index is 14.1. The van der Waals surface area contributed by atoms with Gasteiger partial charge in [-0.25, -0.2) is 4.39 Å². The molecule has 1 aliphatic rings. The van der Waals surface area contributed by atoms with Gasteiger partial charge < -0.3 is 14.9 Å². The van der Waals surface area contributed by atoms with E-state index in [1.165, 1.54) is 12.1 Å². The Balaban J connectivity index is 1.99.